The van der Waals surface area contributed by atoms with Crippen molar-refractivity contribution in [3.63, 3.8) is 0 Å². The number of thiophene rings is 1. The number of hydrogen-bond acceptors (Lipinski definition) is 8. The molecule has 30 heavy (non-hydrogen) atoms. The molecule has 1 aromatic carbocycles. The highest BCUT2D eigenvalue weighted by atomic mass is 32.1. The van der Waals surface area contributed by atoms with Crippen LogP contribution in [0.3, 0.4) is 0 Å². The van der Waals surface area contributed by atoms with Gasteiger partial charge >= 0.3 is 18.6 Å². The topological polar surface area (TPSA) is 90.9 Å². The lowest BCUT2D eigenvalue weighted by Gasteiger charge is -2.05. The van der Waals surface area contributed by atoms with Crippen molar-refractivity contribution in [2.45, 2.75) is 20.5 Å². The number of nitrogens with one attached hydrogen (secondary N) is 1. The fourth-order valence-corrected chi connectivity index (χ4v) is 3.54. The van der Waals surface area contributed by atoms with E-state index in [-0.39, 0.29) is 28.4 Å². The first-order valence-corrected chi connectivity index (χ1v) is 9.51. The van der Waals surface area contributed by atoms with Crippen LogP contribution in [0.25, 0.3) is 0 Å². The molecule has 0 saturated heterocycles. The molecule has 0 aliphatic heterocycles. The number of allylic oxidation sites excluding steroid dienone is 1. The summed E-state index contributed by atoms with van der Waals surface area (Å²) < 4.78 is 38.6. The number of esters is 2. The summed E-state index contributed by atoms with van der Waals surface area (Å²) in [6.45, 7) is 0.426. The SMILES string of the molecule is CCOC(=O)c1sc(NC=CC(=O)c2cccc(OC(F)F)c2)c(C(=O)OC)c1C. The van der Waals surface area contributed by atoms with Crippen LogP contribution in [-0.2, 0) is 9.47 Å². The molecule has 160 valence electrons. The average molecular weight is 439 g/mol. The van der Waals surface area contributed by atoms with E-state index in [1.807, 2.05) is 0 Å². The largest absolute Gasteiger partial charge is 0.465 e. The first kappa shape index (κ1) is 23.0. The predicted octanol–water partition coefficient (Wildman–Crippen LogP) is 4.43. The molecule has 0 aliphatic carbocycles. The molecule has 7 nitrogen and oxygen atoms in total. The van der Waals surface area contributed by atoms with Gasteiger partial charge in [0.05, 0.1) is 19.3 Å². The lowest BCUT2D eigenvalue weighted by molar-refractivity contribution is -0.0498. The zero-order chi connectivity index (χ0) is 22.3. The Morgan fingerprint density at radius 2 is 1.97 bits per heavy atom. The molecule has 1 aromatic heterocycles. The van der Waals surface area contributed by atoms with E-state index in [1.165, 1.54) is 37.6 Å². The number of carbonyl (C=O) groups is 3. The Hall–Kier alpha value is -3.27. The van der Waals surface area contributed by atoms with Crippen LogP contribution in [0.15, 0.2) is 36.5 Å². The van der Waals surface area contributed by atoms with E-state index in [9.17, 15) is 23.2 Å². The highest BCUT2D eigenvalue weighted by Crippen LogP contribution is 2.34. The number of ketones is 1. The maximum absolute atomic E-state index is 12.3. The quantitative estimate of drug-likeness (QED) is 0.351. The van der Waals surface area contributed by atoms with Gasteiger partial charge in [-0.1, -0.05) is 12.1 Å². The Morgan fingerprint density at radius 1 is 1.23 bits per heavy atom. The minimum absolute atomic E-state index is 0.133. The maximum Gasteiger partial charge on any atom is 0.387 e. The zero-order valence-electron chi connectivity index (χ0n) is 16.4. The number of rotatable bonds is 9. The number of ether oxygens (including phenoxy) is 3. The van der Waals surface area contributed by atoms with Gasteiger partial charge in [-0.25, -0.2) is 9.59 Å². The Kier molecular flexibility index (Phi) is 8.05. The average Bonchev–Trinajstić information content (AvgIpc) is 3.03. The van der Waals surface area contributed by atoms with Crippen molar-refractivity contribution < 1.29 is 37.4 Å². The molecule has 1 heterocycles. The number of hydrogen-bond donors (Lipinski definition) is 1. The van der Waals surface area contributed by atoms with Gasteiger partial charge in [-0.15, -0.1) is 11.3 Å². The maximum atomic E-state index is 12.3. The second-order valence-electron chi connectivity index (χ2n) is 5.72. The van der Waals surface area contributed by atoms with Crippen molar-refractivity contribution in [2.75, 3.05) is 19.0 Å². The van der Waals surface area contributed by atoms with Gasteiger partial charge in [0.25, 0.3) is 0 Å². The zero-order valence-corrected chi connectivity index (χ0v) is 17.2. The molecule has 0 aliphatic rings. The summed E-state index contributed by atoms with van der Waals surface area (Å²) in [5, 5.41) is 3.08. The van der Waals surface area contributed by atoms with Gasteiger partial charge in [-0.2, -0.15) is 8.78 Å². The van der Waals surface area contributed by atoms with Crippen molar-refractivity contribution in [3.8, 4) is 5.75 Å². The second-order valence-corrected chi connectivity index (χ2v) is 6.74. The van der Waals surface area contributed by atoms with Crippen molar-refractivity contribution in [1.82, 2.24) is 0 Å². The molecule has 0 radical (unpaired) electrons. The monoisotopic (exact) mass is 439 g/mol. The minimum Gasteiger partial charge on any atom is -0.465 e. The van der Waals surface area contributed by atoms with E-state index in [4.69, 9.17) is 9.47 Å². The second kappa shape index (κ2) is 10.5. The third-order valence-corrected chi connectivity index (χ3v) is 4.99. The molecule has 2 aromatic rings. The van der Waals surface area contributed by atoms with E-state index >= 15 is 0 Å². The molecule has 1 N–H and O–H groups in total. The summed E-state index contributed by atoms with van der Waals surface area (Å²) in [5.74, 6) is -1.86. The normalized spacial score (nSPS) is 10.9. The molecule has 0 bridgehead atoms. The lowest BCUT2D eigenvalue weighted by atomic mass is 10.1. The van der Waals surface area contributed by atoms with Gasteiger partial charge < -0.3 is 19.5 Å². The molecule has 0 spiro atoms. The highest BCUT2D eigenvalue weighted by molar-refractivity contribution is 7.18. The third-order valence-electron chi connectivity index (χ3n) is 3.79. The van der Waals surface area contributed by atoms with Crippen LogP contribution in [0, 0.1) is 6.92 Å². The summed E-state index contributed by atoms with van der Waals surface area (Å²) in [5.41, 5.74) is 0.674. The number of anilines is 1. The van der Waals surface area contributed by atoms with E-state index < -0.39 is 24.3 Å². The molecular formula is C20H19F2NO6S. The van der Waals surface area contributed by atoms with Gasteiger partial charge in [0.1, 0.15) is 15.6 Å². The summed E-state index contributed by atoms with van der Waals surface area (Å²) in [6.07, 6.45) is 2.43. The van der Waals surface area contributed by atoms with Crippen LogP contribution in [0.2, 0.25) is 0 Å². The Bertz CT molecular complexity index is 970. The molecule has 0 amide bonds. The summed E-state index contributed by atoms with van der Waals surface area (Å²) in [6, 6.07) is 5.35. The minimum atomic E-state index is -3.00. The smallest absolute Gasteiger partial charge is 0.387 e. The van der Waals surface area contributed by atoms with Crippen LogP contribution in [-0.4, -0.2) is 38.1 Å². The van der Waals surface area contributed by atoms with Crippen molar-refractivity contribution >= 4 is 34.1 Å². The molecular weight excluding hydrogens is 420 g/mol. The molecule has 2 rings (SSSR count). The van der Waals surface area contributed by atoms with Gasteiger partial charge in [-0.3, -0.25) is 4.79 Å². The van der Waals surface area contributed by atoms with Crippen LogP contribution in [0.4, 0.5) is 13.8 Å². The van der Waals surface area contributed by atoms with Gasteiger partial charge in [0.2, 0.25) is 0 Å². The van der Waals surface area contributed by atoms with Crippen LogP contribution >= 0.6 is 11.3 Å². The lowest BCUT2D eigenvalue weighted by Crippen LogP contribution is -2.07. The van der Waals surface area contributed by atoms with Gasteiger partial charge in [0.15, 0.2) is 5.78 Å². The summed E-state index contributed by atoms with van der Waals surface area (Å²) >= 11 is 0.982. The molecule has 10 heteroatoms. The fraction of sp³-hybridized carbons (Fsp3) is 0.250. The fourth-order valence-electron chi connectivity index (χ4n) is 2.47. The predicted molar refractivity (Wildman–Crippen MR) is 107 cm³/mol. The van der Waals surface area contributed by atoms with Gasteiger partial charge in [0, 0.05) is 17.8 Å². The summed E-state index contributed by atoms with van der Waals surface area (Å²) in [7, 11) is 1.21. The van der Waals surface area contributed by atoms with E-state index in [1.54, 1.807) is 13.8 Å². The number of halogens is 2. The number of benzene rings is 1. The van der Waals surface area contributed by atoms with E-state index in [0.29, 0.717) is 10.6 Å². The Labute approximate surface area is 175 Å². The Morgan fingerprint density at radius 3 is 2.60 bits per heavy atom. The molecule has 0 unspecified atom stereocenters. The first-order chi connectivity index (χ1) is 14.3. The van der Waals surface area contributed by atoms with Crippen LogP contribution in [0.5, 0.6) is 5.75 Å². The molecule has 0 saturated carbocycles. The van der Waals surface area contributed by atoms with Crippen LogP contribution in [0.1, 0.15) is 42.9 Å². The van der Waals surface area contributed by atoms with E-state index in [2.05, 4.69) is 10.1 Å². The standard InChI is InChI=1S/C20H19F2NO6S/c1-4-28-19(26)16-11(2)15(18(25)27-3)17(30-16)23-9-8-14(24)12-6-5-7-13(10-12)29-20(21)22/h5-10,20,23H,4H2,1-3H3. The summed E-state index contributed by atoms with van der Waals surface area (Å²) in [4.78, 5) is 36.7. The van der Waals surface area contributed by atoms with E-state index in [0.717, 1.165) is 17.4 Å². The number of alkyl halides is 2. The number of methoxy groups -OCH3 is 1. The highest BCUT2D eigenvalue weighted by Gasteiger charge is 2.25. The van der Waals surface area contributed by atoms with Crippen molar-refractivity contribution in [3.05, 3.63) is 58.1 Å². The Balaban J connectivity index is 2.22. The van der Waals surface area contributed by atoms with Gasteiger partial charge in [-0.05, 0) is 31.5 Å². The van der Waals surface area contributed by atoms with Crippen LogP contribution < -0.4 is 10.1 Å². The van der Waals surface area contributed by atoms with Crippen molar-refractivity contribution in [2.24, 2.45) is 0 Å². The molecule has 0 fully saturated rings. The first-order valence-electron chi connectivity index (χ1n) is 8.69. The number of carbonyl (C=O) groups excluding carboxylic acids is 3. The molecule has 0 atom stereocenters. The van der Waals surface area contributed by atoms with Crippen molar-refractivity contribution in [1.29, 1.82) is 0 Å². The third kappa shape index (κ3) is 5.63.